The van der Waals surface area contributed by atoms with Gasteiger partial charge >= 0.3 is 0 Å². The van der Waals surface area contributed by atoms with Crippen molar-refractivity contribution in [3.8, 4) is 5.75 Å². The molecule has 0 heterocycles. The van der Waals surface area contributed by atoms with Crippen LogP contribution in [-0.2, 0) is 14.8 Å². The van der Waals surface area contributed by atoms with Crippen molar-refractivity contribution < 1.29 is 22.9 Å². The summed E-state index contributed by atoms with van der Waals surface area (Å²) in [7, 11) is -2.86. The quantitative estimate of drug-likeness (QED) is 0.325. The third-order valence-corrected chi connectivity index (χ3v) is 7.28. The largest absolute Gasteiger partial charge is 0.495 e. The molecule has 1 N–H and O–H groups in total. The number of nitro benzene ring substituents is 1. The number of benzene rings is 3. The molecule has 12 heteroatoms. The molecule has 34 heavy (non-hydrogen) atoms. The summed E-state index contributed by atoms with van der Waals surface area (Å²) in [6.07, 6.45) is 0. The number of nitrogens with zero attached hydrogens (tertiary/aromatic N) is 2. The molecule has 0 aliphatic rings. The van der Waals surface area contributed by atoms with Gasteiger partial charge in [0.05, 0.1) is 38.3 Å². The molecule has 3 aromatic carbocycles. The molecule has 0 atom stereocenters. The van der Waals surface area contributed by atoms with Gasteiger partial charge in [-0.1, -0.05) is 40.9 Å². The van der Waals surface area contributed by atoms with Crippen LogP contribution in [0.2, 0.25) is 10.0 Å². The van der Waals surface area contributed by atoms with Gasteiger partial charge in [0.15, 0.2) is 0 Å². The molecule has 3 aromatic rings. The lowest BCUT2D eigenvalue weighted by Gasteiger charge is -2.24. The highest BCUT2D eigenvalue weighted by Gasteiger charge is 2.28. The zero-order valence-corrected chi connectivity index (χ0v) is 20.3. The molecule has 0 saturated heterocycles. The highest BCUT2D eigenvalue weighted by molar-refractivity contribution is 7.92. The van der Waals surface area contributed by atoms with E-state index in [0.717, 1.165) is 15.9 Å². The van der Waals surface area contributed by atoms with Gasteiger partial charge in [-0.25, -0.2) is 8.42 Å². The Balaban J connectivity index is 2.00. The number of methoxy groups -OCH3 is 1. The molecule has 178 valence electrons. The normalized spacial score (nSPS) is 11.1. The molecule has 0 unspecified atom stereocenters. The fourth-order valence-corrected chi connectivity index (χ4v) is 4.73. The first kappa shape index (κ1) is 25.3. The van der Waals surface area contributed by atoms with E-state index in [1.54, 1.807) is 12.1 Å². The number of nitrogens with one attached hydrogen (secondary N) is 1. The number of sulfonamides is 1. The van der Waals surface area contributed by atoms with Crippen LogP contribution >= 0.6 is 23.2 Å². The Morgan fingerprint density at radius 1 is 1.06 bits per heavy atom. The third kappa shape index (κ3) is 5.58. The van der Waals surface area contributed by atoms with E-state index in [0.29, 0.717) is 0 Å². The molecule has 0 aliphatic carbocycles. The number of amides is 1. The van der Waals surface area contributed by atoms with Gasteiger partial charge in [0.25, 0.3) is 15.7 Å². The summed E-state index contributed by atoms with van der Waals surface area (Å²) in [5.41, 5.74) is 0.708. The maximum atomic E-state index is 13.5. The summed E-state index contributed by atoms with van der Waals surface area (Å²) < 4.78 is 32.9. The van der Waals surface area contributed by atoms with E-state index in [9.17, 15) is 23.3 Å². The smallest absolute Gasteiger partial charge is 0.271 e. The van der Waals surface area contributed by atoms with E-state index in [1.807, 2.05) is 6.92 Å². The minimum absolute atomic E-state index is 0.0172. The van der Waals surface area contributed by atoms with Gasteiger partial charge in [-0.15, -0.1) is 0 Å². The predicted molar refractivity (Wildman–Crippen MR) is 130 cm³/mol. The van der Waals surface area contributed by atoms with Crippen LogP contribution in [0.4, 0.5) is 17.1 Å². The van der Waals surface area contributed by atoms with Crippen molar-refractivity contribution in [3.05, 3.63) is 86.4 Å². The minimum atomic E-state index is -4.19. The van der Waals surface area contributed by atoms with Gasteiger partial charge in [-0.3, -0.25) is 19.2 Å². The Kier molecular flexibility index (Phi) is 7.65. The lowest BCUT2D eigenvalue weighted by Crippen LogP contribution is -2.38. The number of carbonyl (C=O) groups excluding carboxylic acids is 1. The molecule has 3 rings (SSSR count). The van der Waals surface area contributed by atoms with Gasteiger partial charge in [-0.2, -0.15) is 0 Å². The van der Waals surface area contributed by atoms with E-state index in [-0.39, 0.29) is 37.8 Å². The molecule has 0 radical (unpaired) electrons. The Morgan fingerprint density at radius 3 is 2.32 bits per heavy atom. The number of anilines is 2. The monoisotopic (exact) mass is 523 g/mol. The molecule has 1 amide bonds. The third-order valence-electron chi connectivity index (χ3n) is 4.76. The molecule has 0 saturated carbocycles. The first-order valence-corrected chi connectivity index (χ1v) is 11.9. The second-order valence-electron chi connectivity index (χ2n) is 7.11. The highest BCUT2D eigenvalue weighted by Crippen LogP contribution is 2.32. The van der Waals surface area contributed by atoms with Crippen LogP contribution in [0.25, 0.3) is 0 Å². The second kappa shape index (κ2) is 10.3. The van der Waals surface area contributed by atoms with E-state index in [1.165, 1.54) is 49.6 Å². The Morgan fingerprint density at radius 2 is 1.74 bits per heavy atom. The summed E-state index contributed by atoms with van der Waals surface area (Å²) in [4.78, 5) is 23.4. The van der Waals surface area contributed by atoms with Gasteiger partial charge in [-0.05, 0) is 43.3 Å². The van der Waals surface area contributed by atoms with Crippen LogP contribution in [0.1, 0.15) is 5.56 Å². The number of ether oxygens (including phenoxy) is 1. The molecule has 0 fully saturated rings. The average Bonchev–Trinajstić information content (AvgIpc) is 2.79. The van der Waals surface area contributed by atoms with Gasteiger partial charge in [0.1, 0.15) is 12.3 Å². The number of carbonyl (C=O) groups is 1. The van der Waals surface area contributed by atoms with Crippen molar-refractivity contribution >= 4 is 56.2 Å². The molecule has 0 spiro atoms. The van der Waals surface area contributed by atoms with Crippen LogP contribution < -0.4 is 14.4 Å². The zero-order chi connectivity index (χ0) is 25.0. The van der Waals surface area contributed by atoms with Crippen LogP contribution in [0.15, 0.2) is 65.6 Å². The van der Waals surface area contributed by atoms with Crippen LogP contribution in [0.3, 0.4) is 0 Å². The number of rotatable bonds is 8. The summed E-state index contributed by atoms with van der Waals surface area (Å²) in [6.45, 7) is 1.16. The van der Waals surface area contributed by atoms with Crippen LogP contribution in [-0.4, -0.2) is 32.9 Å². The fraction of sp³-hybridized carbons (Fsp3) is 0.136. The molecular weight excluding hydrogens is 505 g/mol. The predicted octanol–water partition coefficient (Wildman–Crippen LogP) is 5.05. The van der Waals surface area contributed by atoms with E-state index >= 15 is 0 Å². The molecule has 0 aromatic heterocycles. The number of halogens is 2. The minimum Gasteiger partial charge on any atom is -0.495 e. The summed E-state index contributed by atoms with van der Waals surface area (Å²) in [5, 5.41) is 13.9. The Hall–Kier alpha value is -3.34. The SMILES string of the molecule is COc1ccc([N+](=O)[O-])cc1NC(=O)CN(c1ccc(Cl)c(Cl)c1)S(=O)(=O)c1ccc(C)cc1. The van der Waals surface area contributed by atoms with Crippen LogP contribution in [0, 0.1) is 17.0 Å². The topological polar surface area (TPSA) is 119 Å². The van der Waals surface area contributed by atoms with Gasteiger partial charge < -0.3 is 10.1 Å². The van der Waals surface area contributed by atoms with Crippen LogP contribution in [0.5, 0.6) is 5.75 Å². The number of nitro groups is 1. The molecule has 0 bridgehead atoms. The first-order chi connectivity index (χ1) is 16.0. The van der Waals surface area contributed by atoms with Crippen molar-refractivity contribution in [3.63, 3.8) is 0 Å². The number of aryl methyl sites for hydroxylation is 1. The van der Waals surface area contributed by atoms with E-state index in [4.69, 9.17) is 27.9 Å². The second-order valence-corrected chi connectivity index (χ2v) is 9.79. The zero-order valence-electron chi connectivity index (χ0n) is 18.0. The average molecular weight is 524 g/mol. The van der Waals surface area contributed by atoms with Crippen molar-refractivity contribution in [1.82, 2.24) is 0 Å². The van der Waals surface area contributed by atoms with Crippen molar-refractivity contribution in [1.29, 1.82) is 0 Å². The lowest BCUT2D eigenvalue weighted by molar-refractivity contribution is -0.384. The van der Waals surface area contributed by atoms with Crippen molar-refractivity contribution in [2.45, 2.75) is 11.8 Å². The molecule has 0 aliphatic heterocycles. The first-order valence-electron chi connectivity index (χ1n) is 9.69. The maximum absolute atomic E-state index is 13.5. The summed E-state index contributed by atoms with van der Waals surface area (Å²) >= 11 is 12.1. The van der Waals surface area contributed by atoms with Gasteiger partial charge in [0.2, 0.25) is 5.91 Å². The summed E-state index contributed by atoms with van der Waals surface area (Å²) in [6, 6.07) is 14.0. The van der Waals surface area contributed by atoms with Gasteiger partial charge in [0, 0.05) is 12.1 Å². The standard InChI is InChI=1S/C22H19Cl2N3O6S/c1-14-3-7-17(8-4-14)34(31,32)26(15-5-9-18(23)19(24)11-15)13-22(28)25-20-12-16(27(29)30)6-10-21(20)33-2/h3-12H,13H2,1-2H3,(H,25,28). The summed E-state index contributed by atoms with van der Waals surface area (Å²) in [5.74, 6) is -0.595. The number of hydrogen-bond acceptors (Lipinski definition) is 6. The maximum Gasteiger partial charge on any atom is 0.271 e. The number of non-ortho nitro benzene ring substituents is 1. The van der Waals surface area contributed by atoms with E-state index < -0.39 is 27.4 Å². The lowest BCUT2D eigenvalue weighted by atomic mass is 10.2. The van der Waals surface area contributed by atoms with Crippen molar-refractivity contribution in [2.75, 3.05) is 23.3 Å². The Bertz CT molecular complexity index is 1350. The highest BCUT2D eigenvalue weighted by atomic mass is 35.5. The van der Waals surface area contributed by atoms with E-state index in [2.05, 4.69) is 5.32 Å². The Labute approximate surface area is 206 Å². The molecule has 9 nitrogen and oxygen atoms in total. The fourth-order valence-electron chi connectivity index (χ4n) is 3.02. The number of hydrogen-bond donors (Lipinski definition) is 1. The molecular formula is C22H19Cl2N3O6S. The van der Waals surface area contributed by atoms with Crippen molar-refractivity contribution in [2.24, 2.45) is 0 Å².